The molecule has 3 aromatic rings. The molecule has 4 rings (SSSR count). The van der Waals surface area contributed by atoms with Crippen molar-refractivity contribution >= 4 is 11.5 Å². The molecule has 156 valence electrons. The summed E-state index contributed by atoms with van der Waals surface area (Å²) in [5, 5.41) is 3.35. The second-order valence-electron chi connectivity index (χ2n) is 7.64. The Balaban J connectivity index is 1.40. The predicted octanol–water partition coefficient (Wildman–Crippen LogP) is 3.84. The molecule has 7 heteroatoms. The number of methoxy groups -OCH3 is 1. The van der Waals surface area contributed by atoms with Gasteiger partial charge in [0, 0.05) is 44.2 Å². The van der Waals surface area contributed by atoms with Gasteiger partial charge < -0.3 is 10.1 Å². The Hall–Kier alpha value is -2.90. The van der Waals surface area contributed by atoms with Crippen LogP contribution in [0.2, 0.25) is 0 Å². The van der Waals surface area contributed by atoms with Gasteiger partial charge in [0.2, 0.25) is 0 Å². The minimum absolute atomic E-state index is 0.323. The summed E-state index contributed by atoms with van der Waals surface area (Å²) in [5.74, 6) is 1.69. The fraction of sp³-hybridized carbons (Fsp3) is 0.391. The van der Waals surface area contributed by atoms with Gasteiger partial charge in [0.15, 0.2) is 0 Å². The molecule has 0 aromatic carbocycles. The summed E-state index contributed by atoms with van der Waals surface area (Å²) < 4.78 is 5.09. The molecule has 1 fully saturated rings. The molecule has 30 heavy (non-hydrogen) atoms. The zero-order valence-corrected chi connectivity index (χ0v) is 17.6. The topological polar surface area (TPSA) is 76.1 Å². The van der Waals surface area contributed by atoms with Crippen LogP contribution in [0.5, 0.6) is 0 Å². The normalized spacial score (nSPS) is 16.7. The van der Waals surface area contributed by atoms with Gasteiger partial charge in [0.25, 0.3) is 0 Å². The first kappa shape index (κ1) is 20.4. The Labute approximate surface area is 177 Å². The maximum Gasteiger partial charge on any atom is 0.133 e. The van der Waals surface area contributed by atoms with Crippen molar-refractivity contribution in [3.63, 3.8) is 0 Å². The van der Waals surface area contributed by atoms with E-state index in [1.54, 1.807) is 13.3 Å². The first-order chi connectivity index (χ1) is 14.7. The molecule has 7 nitrogen and oxygen atoms in total. The standard InChI is InChI=1S/C23H28N6O/c1-17-5-3-10-24-23(17)28-19-7-8-20(25-15-19)21-6-4-11-29(21)16-18-13-26-22(27-14-18)9-12-30-2/h3,5,7-8,10,13-15,21H,4,6,9,11-12,16H2,1-2H3,(H,24,28)/t21-/m1/s1. The van der Waals surface area contributed by atoms with E-state index in [0.29, 0.717) is 12.6 Å². The third-order valence-corrected chi connectivity index (χ3v) is 5.44. The lowest BCUT2D eigenvalue weighted by atomic mass is 10.1. The number of hydrogen-bond acceptors (Lipinski definition) is 7. The minimum atomic E-state index is 0.323. The van der Waals surface area contributed by atoms with Crippen LogP contribution in [0, 0.1) is 6.92 Å². The predicted molar refractivity (Wildman–Crippen MR) is 116 cm³/mol. The molecule has 1 atom stereocenters. The fourth-order valence-electron chi connectivity index (χ4n) is 3.80. The highest BCUT2D eigenvalue weighted by Crippen LogP contribution is 2.32. The largest absolute Gasteiger partial charge is 0.384 e. The second-order valence-corrected chi connectivity index (χ2v) is 7.64. The molecule has 0 radical (unpaired) electrons. The number of anilines is 2. The van der Waals surface area contributed by atoms with E-state index in [0.717, 1.165) is 60.1 Å². The van der Waals surface area contributed by atoms with E-state index in [9.17, 15) is 0 Å². The zero-order valence-electron chi connectivity index (χ0n) is 17.6. The van der Waals surface area contributed by atoms with Crippen LogP contribution in [-0.4, -0.2) is 45.1 Å². The molecule has 0 spiro atoms. The molecule has 0 unspecified atom stereocenters. The molecule has 0 amide bonds. The summed E-state index contributed by atoms with van der Waals surface area (Å²) in [6, 6.07) is 8.51. The van der Waals surface area contributed by atoms with Gasteiger partial charge in [-0.25, -0.2) is 15.0 Å². The van der Waals surface area contributed by atoms with Gasteiger partial charge in [0.05, 0.1) is 30.2 Å². The third-order valence-electron chi connectivity index (χ3n) is 5.44. The molecule has 1 saturated heterocycles. The number of ether oxygens (including phenoxy) is 1. The summed E-state index contributed by atoms with van der Waals surface area (Å²) in [4.78, 5) is 20.5. The fourth-order valence-corrected chi connectivity index (χ4v) is 3.80. The first-order valence-corrected chi connectivity index (χ1v) is 10.4. The number of pyridine rings is 2. The summed E-state index contributed by atoms with van der Waals surface area (Å²) in [5.41, 5.74) is 4.30. The smallest absolute Gasteiger partial charge is 0.133 e. The molecule has 3 aromatic heterocycles. The number of aryl methyl sites for hydroxylation is 1. The number of nitrogens with zero attached hydrogens (tertiary/aromatic N) is 5. The van der Waals surface area contributed by atoms with Crippen LogP contribution in [0.4, 0.5) is 11.5 Å². The average molecular weight is 405 g/mol. The molecule has 0 aliphatic carbocycles. The van der Waals surface area contributed by atoms with Gasteiger partial charge >= 0.3 is 0 Å². The highest BCUT2D eigenvalue weighted by atomic mass is 16.5. The molecule has 0 bridgehead atoms. The minimum Gasteiger partial charge on any atom is -0.384 e. The van der Waals surface area contributed by atoms with E-state index in [1.807, 2.05) is 37.6 Å². The molecule has 1 aliphatic rings. The van der Waals surface area contributed by atoms with Crippen LogP contribution in [0.3, 0.4) is 0 Å². The van der Waals surface area contributed by atoms with Crippen molar-refractivity contribution in [3.05, 3.63) is 71.7 Å². The Bertz CT molecular complexity index is 945. The molecule has 4 heterocycles. The van der Waals surface area contributed by atoms with E-state index < -0.39 is 0 Å². The van der Waals surface area contributed by atoms with E-state index in [2.05, 4.69) is 37.3 Å². The lowest BCUT2D eigenvalue weighted by Gasteiger charge is -2.24. The second kappa shape index (κ2) is 9.73. The molecule has 1 N–H and O–H groups in total. The first-order valence-electron chi connectivity index (χ1n) is 10.4. The van der Waals surface area contributed by atoms with E-state index in [1.165, 1.54) is 6.42 Å². The number of nitrogens with one attached hydrogen (secondary N) is 1. The monoisotopic (exact) mass is 404 g/mol. The van der Waals surface area contributed by atoms with Crippen molar-refractivity contribution < 1.29 is 4.74 Å². The third kappa shape index (κ3) is 4.98. The maximum absolute atomic E-state index is 5.09. The highest BCUT2D eigenvalue weighted by molar-refractivity contribution is 5.57. The number of aromatic nitrogens is 4. The average Bonchev–Trinajstić information content (AvgIpc) is 3.23. The van der Waals surface area contributed by atoms with Crippen LogP contribution in [0.25, 0.3) is 0 Å². The highest BCUT2D eigenvalue weighted by Gasteiger charge is 2.27. The Morgan fingerprint density at radius 2 is 1.97 bits per heavy atom. The Morgan fingerprint density at radius 3 is 2.70 bits per heavy atom. The van der Waals surface area contributed by atoms with Gasteiger partial charge in [-0.2, -0.15) is 0 Å². The van der Waals surface area contributed by atoms with Gasteiger partial charge in [-0.1, -0.05) is 6.07 Å². The zero-order chi connectivity index (χ0) is 20.8. The van der Waals surface area contributed by atoms with Crippen molar-refractivity contribution in [3.8, 4) is 0 Å². The van der Waals surface area contributed by atoms with Crippen LogP contribution in [0.1, 0.15) is 41.5 Å². The number of rotatable bonds is 8. The van der Waals surface area contributed by atoms with Gasteiger partial charge in [0.1, 0.15) is 11.6 Å². The summed E-state index contributed by atoms with van der Waals surface area (Å²) in [6.07, 6.45) is 10.6. The van der Waals surface area contributed by atoms with Crippen molar-refractivity contribution in [2.45, 2.75) is 38.8 Å². The van der Waals surface area contributed by atoms with Crippen LogP contribution >= 0.6 is 0 Å². The quantitative estimate of drug-likeness (QED) is 0.611. The summed E-state index contributed by atoms with van der Waals surface area (Å²) in [6.45, 7) is 4.58. The Morgan fingerprint density at radius 1 is 1.10 bits per heavy atom. The van der Waals surface area contributed by atoms with E-state index >= 15 is 0 Å². The van der Waals surface area contributed by atoms with Crippen molar-refractivity contribution in [1.82, 2.24) is 24.8 Å². The molecular formula is C23H28N6O. The molecule has 1 aliphatic heterocycles. The van der Waals surface area contributed by atoms with Crippen molar-refractivity contribution in [2.24, 2.45) is 0 Å². The van der Waals surface area contributed by atoms with Gasteiger partial charge in [-0.05, 0) is 50.1 Å². The summed E-state index contributed by atoms with van der Waals surface area (Å²) in [7, 11) is 1.69. The number of hydrogen-bond donors (Lipinski definition) is 1. The molecule has 0 saturated carbocycles. The number of likely N-dealkylation sites (tertiary alicyclic amines) is 1. The van der Waals surface area contributed by atoms with Gasteiger partial charge in [-0.3, -0.25) is 9.88 Å². The SMILES string of the molecule is COCCc1ncc(CN2CCC[C@@H]2c2ccc(Nc3ncccc3C)cn2)cn1. The van der Waals surface area contributed by atoms with Gasteiger partial charge in [-0.15, -0.1) is 0 Å². The summed E-state index contributed by atoms with van der Waals surface area (Å²) >= 11 is 0. The maximum atomic E-state index is 5.09. The lowest BCUT2D eigenvalue weighted by Crippen LogP contribution is -2.23. The van der Waals surface area contributed by atoms with Crippen molar-refractivity contribution in [1.29, 1.82) is 0 Å². The van der Waals surface area contributed by atoms with E-state index in [4.69, 9.17) is 9.72 Å². The Kier molecular flexibility index (Phi) is 6.61. The molecular weight excluding hydrogens is 376 g/mol. The van der Waals surface area contributed by atoms with Crippen LogP contribution < -0.4 is 5.32 Å². The lowest BCUT2D eigenvalue weighted by molar-refractivity contribution is 0.200. The van der Waals surface area contributed by atoms with Crippen LogP contribution in [0.15, 0.2) is 49.1 Å². The van der Waals surface area contributed by atoms with Crippen LogP contribution in [-0.2, 0) is 17.7 Å². The van der Waals surface area contributed by atoms with Crippen molar-refractivity contribution in [2.75, 3.05) is 25.6 Å². The van der Waals surface area contributed by atoms with E-state index in [-0.39, 0.29) is 0 Å².